The summed E-state index contributed by atoms with van der Waals surface area (Å²) in [5.41, 5.74) is 10.2. The van der Waals surface area contributed by atoms with Crippen molar-refractivity contribution in [2.75, 3.05) is 6.54 Å². The van der Waals surface area contributed by atoms with Gasteiger partial charge in [0.15, 0.2) is 0 Å². The Morgan fingerprint density at radius 2 is 1.55 bits per heavy atom. The fourth-order valence-electron chi connectivity index (χ4n) is 4.12. The van der Waals surface area contributed by atoms with Crippen molar-refractivity contribution in [1.29, 1.82) is 0 Å². The minimum absolute atomic E-state index is 0.0512. The highest BCUT2D eigenvalue weighted by molar-refractivity contribution is 6.26. The van der Waals surface area contributed by atoms with Crippen molar-refractivity contribution in [2.24, 2.45) is 5.73 Å². The summed E-state index contributed by atoms with van der Waals surface area (Å²) in [6.07, 6.45) is 2.28. The van der Waals surface area contributed by atoms with Crippen LogP contribution in [0.1, 0.15) is 26.3 Å². The Bertz CT molecular complexity index is 1440. The fraction of sp³-hybridized carbons (Fsp3) is 0.0741. The van der Waals surface area contributed by atoms with E-state index >= 15 is 0 Å². The van der Waals surface area contributed by atoms with Crippen molar-refractivity contribution in [3.8, 4) is 11.1 Å². The zero-order valence-electron chi connectivity index (χ0n) is 17.6. The first-order valence-electron chi connectivity index (χ1n) is 10.6. The Morgan fingerprint density at radius 3 is 2.30 bits per heavy atom. The molecule has 1 aliphatic rings. The summed E-state index contributed by atoms with van der Waals surface area (Å²) >= 11 is 0. The van der Waals surface area contributed by atoms with Crippen LogP contribution in [-0.2, 0) is 6.42 Å². The van der Waals surface area contributed by atoms with E-state index in [9.17, 15) is 14.0 Å². The van der Waals surface area contributed by atoms with Crippen LogP contribution in [0, 0.1) is 5.82 Å². The number of carbonyl (C=O) groups is 2. The lowest BCUT2D eigenvalue weighted by molar-refractivity contribution is 0.0967. The van der Waals surface area contributed by atoms with Gasteiger partial charge in [0, 0.05) is 34.8 Å². The third-order valence-electron chi connectivity index (χ3n) is 5.85. The monoisotopic (exact) mass is 437 g/mol. The topological polar surface area (TPSA) is 85.1 Å². The second-order valence-electron chi connectivity index (χ2n) is 7.86. The molecule has 0 saturated carbocycles. The normalized spacial score (nSPS) is 13.4. The van der Waals surface area contributed by atoms with E-state index in [0.29, 0.717) is 35.0 Å². The van der Waals surface area contributed by atoms with Crippen LogP contribution in [0.15, 0.2) is 90.4 Å². The van der Waals surface area contributed by atoms with Gasteiger partial charge in [-0.05, 0) is 41.8 Å². The van der Waals surface area contributed by atoms with Crippen molar-refractivity contribution < 1.29 is 14.0 Å². The molecule has 0 saturated heterocycles. The van der Waals surface area contributed by atoms with Crippen molar-refractivity contribution >= 4 is 22.5 Å². The Balaban J connectivity index is 1.31. The van der Waals surface area contributed by atoms with E-state index in [2.05, 4.69) is 10.3 Å². The lowest BCUT2D eigenvalue weighted by atomic mass is 9.90. The highest BCUT2D eigenvalue weighted by Crippen LogP contribution is 2.29. The number of fused-ring (bicyclic) bond motifs is 2. The van der Waals surface area contributed by atoms with Gasteiger partial charge in [-0.3, -0.25) is 14.6 Å². The fourth-order valence-corrected chi connectivity index (χ4v) is 4.12. The van der Waals surface area contributed by atoms with Crippen molar-refractivity contribution in [1.82, 2.24) is 10.3 Å². The number of rotatable bonds is 5. The Labute approximate surface area is 189 Å². The molecule has 1 heterocycles. The average Bonchev–Trinajstić information content (AvgIpc) is 2.86. The quantitative estimate of drug-likeness (QED) is 0.483. The predicted molar refractivity (Wildman–Crippen MR) is 125 cm³/mol. The minimum atomic E-state index is -0.336. The molecule has 0 spiro atoms. The Hall–Kier alpha value is -4.32. The number of halogens is 1. The number of nitrogens with zero attached hydrogens (tertiary/aromatic N) is 1. The summed E-state index contributed by atoms with van der Waals surface area (Å²) in [7, 11) is 0. The summed E-state index contributed by atoms with van der Waals surface area (Å²) in [6.45, 7) is 0.442. The van der Waals surface area contributed by atoms with E-state index in [-0.39, 0.29) is 28.8 Å². The van der Waals surface area contributed by atoms with Crippen LogP contribution in [0.5, 0.6) is 0 Å². The first-order chi connectivity index (χ1) is 16.0. The zero-order chi connectivity index (χ0) is 22.9. The van der Waals surface area contributed by atoms with Crippen molar-refractivity contribution in [3.05, 3.63) is 113 Å². The first-order valence-corrected chi connectivity index (χ1v) is 10.6. The van der Waals surface area contributed by atoms with E-state index in [0.717, 1.165) is 16.7 Å². The van der Waals surface area contributed by atoms with Gasteiger partial charge in [0.2, 0.25) is 11.6 Å². The molecule has 0 fully saturated rings. The van der Waals surface area contributed by atoms with Crippen LogP contribution in [0.4, 0.5) is 4.39 Å². The molecule has 3 aromatic carbocycles. The summed E-state index contributed by atoms with van der Waals surface area (Å²) in [6, 6.07) is 21.2. The van der Waals surface area contributed by atoms with Gasteiger partial charge in [-0.2, -0.15) is 0 Å². The SMILES string of the molecule is NC1=C(NCCc2ccc(-c3ccc(F)c4cccnc34)cc2)C(=O)c2ccccc2C1=O. The Kier molecular flexibility index (Phi) is 5.18. The standard InChI is InChI=1S/C27H20FN3O2/c28-22-12-11-18(24-21(22)6-3-14-30-24)17-9-7-16(8-10-17)13-15-31-25-23(29)26(32)19-4-1-2-5-20(19)27(25)33/h1-12,14,31H,13,15,29H2. The number of carbonyl (C=O) groups excluding carboxylic acids is 2. The number of nitrogens with two attached hydrogens (primary N) is 1. The lowest BCUT2D eigenvalue weighted by Gasteiger charge is -2.19. The van der Waals surface area contributed by atoms with Crippen LogP contribution >= 0.6 is 0 Å². The van der Waals surface area contributed by atoms with E-state index in [1.807, 2.05) is 24.3 Å². The number of ketones is 2. The number of nitrogens with one attached hydrogen (secondary N) is 1. The molecule has 0 unspecified atom stereocenters. The number of pyridine rings is 1. The van der Waals surface area contributed by atoms with Gasteiger partial charge in [-0.1, -0.05) is 48.5 Å². The second kappa shape index (κ2) is 8.31. The van der Waals surface area contributed by atoms with Gasteiger partial charge in [0.1, 0.15) is 17.2 Å². The van der Waals surface area contributed by atoms with E-state index in [4.69, 9.17) is 5.73 Å². The molecule has 4 aromatic rings. The van der Waals surface area contributed by atoms with E-state index < -0.39 is 0 Å². The molecule has 3 N–H and O–H groups in total. The van der Waals surface area contributed by atoms with Crippen LogP contribution in [0.25, 0.3) is 22.0 Å². The predicted octanol–water partition coefficient (Wildman–Crippen LogP) is 4.42. The molecule has 0 amide bonds. The summed E-state index contributed by atoms with van der Waals surface area (Å²) < 4.78 is 14.1. The smallest absolute Gasteiger partial charge is 0.211 e. The number of Topliss-reactive ketones (excluding diaryl/α,β-unsaturated/α-hetero) is 2. The lowest BCUT2D eigenvalue weighted by Crippen LogP contribution is -2.34. The van der Waals surface area contributed by atoms with Gasteiger partial charge in [-0.25, -0.2) is 4.39 Å². The highest BCUT2D eigenvalue weighted by Gasteiger charge is 2.30. The van der Waals surface area contributed by atoms with Crippen LogP contribution in [0.3, 0.4) is 0 Å². The second-order valence-corrected chi connectivity index (χ2v) is 7.86. The molecule has 5 rings (SSSR count). The molecule has 33 heavy (non-hydrogen) atoms. The molecule has 1 aliphatic carbocycles. The van der Waals surface area contributed by atoms with Gasteiger partial charge < -0.3 is 11.1 Å². The molecular formula is C27H20FN3O2. The number of hydrogen-bond donors (Lipinski definition) is 2. The molecule has 0 radical (unpaired) electrons. The van der Waals surface area contributed by atoms with Gasteiger partial charge >= 0.3 is 0 Å². The van der Waals surface area contributed by atoms with E-state index in [1.165, 1.54) is 6.07 Å². The minimum Gasteiger partial charge on any atom is -0.394 e. The first kappa shape index (κ1) is 20.6. The third kappa shape index (κ3) is 3.65. The molecule has 6 heteroatoms. The molecule has 1 aromatic heterocycles. The summed E-state index contributed by atoms with van der Waals surface area (Å²) in [5, 5.41) is 3.54. The van der Waals surface area contributed by atoms with Crippen molar-refractivity contribution in [3.63, 3.8) is 0 Å². The Morgan fingerprint density at radius 1 is 0.818 bits per heavy atom. The molecule has 0 aliphatic heterocycles. The van der Waals surface area contributed by atoms with Gasteiger partial charge in [0.05, 0.1) is 5.52 Å². The molecule has 0 bridgehead atoms. The zero-order valence-corrected chi connectivity index (χ0v) is 17.6. The number of hydrogen-bond acceptors (Lipinski definition) is 5. The summed E-state index contributed by atoms with van der Waals surface area (Å²) in [4.78, 5) is 29.6. The van der Waals surface area contributed by atoms with Crippen LogP contribution in [0.2, 0.25) is 0 Å². The molecule has 5 nitrogen and oxygen atoms in total. The molecule has 0 atom stereocenters. The number of aromatic nitrogens is 1. The maximum Gasteiger partial charge on any atom is 0.211 e. The van der Waals surface area contributed by atoms with Crippen LogP contribution < -0.4 is 11.1 Å². The average molecular weight is 437 g/mol. The van der Waals surface area contributed by atoms with E-state index in [1.54, 1.807) is 48.7 Å². The number of allylic oxidation sites excluding steroid dienone is 2. The van der Waals surface area contributed by atoms with Crippen molar-refractivity contribution in [2.45, 2.75) is 6.42 Å². The highest BCUT2D eigenvalue weighted by atomic mass is 19.1. The largest absolute Gasteiger partial charge is 0.394 e. The maximum absolute atomic E-state index is 14.1. The maximum atomic E-state index is 14.1. The third-order valence-corrected chi connectivity index (χ3v) is 5.85. The summed E-state index contributed by atoms with van der Waals surface area (Å²) in [5.74, 6) is -0.901. The molecular weight excluding hydrogens is 417 g/mol. The van der Waals surface area contributed by atoms with Crippen LogP contribution in [-0.4, -0.2) is 23.1 Å². The number of benzene rings is 3. The van der Waals surface area contributed by atoms with Gasteiger partial charge in [-0.15, -0.1) is 0 Å². The molecule has 162 valence electrons. The van der Waals surface area contributed by atoms with Gasteiger partial charge in [0.25, 0.3) is 0 Å².